The predicted molar refractivity (Wildman–Crippen MR) is 66.2 cm³/mol. The van der Waals surface area contributed by atoms with E-state index in [2.05, 4.69) is 22.4 Å². The molecule has 2 aromatic rings. The number of anilines is 2. The average Bonchev–Trinajstić information content (AvgIpc) is 2.78. The molecular weight excluding hydrogens is 200 g/mol. The number of nitrogens with zero attached hydrogens (tertiary/aromatic N) is 1. The summed E-state index contributed by atoms with van der Waals surface area (Å²) in [6.07, 6.45) is 3.69. The molecule has 2 rings (SSSR count). The van der Waals surface area contributed by atoms with E-state index in [1.54, 1.807) is 0 Å². The van der Waals surface area contributed by atoms with Crippen molar-refractivity contribution < 1.29 is 0 Å². The lowest BCUT2D eigenvalue weighted by Crippen LogP contribution is -2.08. The van der Waals surface area contributed by atoms with Gasteiger partial charge in [-0.15, -0.1) is 0 Å². The van der Waals surface area contributed by atoms with E-state index in [4.69, 9.17) is 5.73 Å². The molecule has 0 aliphatic heterocycles. The Morgan fingerprint density at radius 1 is 1.44 bits per heavy atom. The number of nitrogens with two attached hydrogens (primary N) is 1. The third kappa shape index (κ3) is 2.00. The summed E-state index contributed by atoms with van der Waals surface area (Å²) in [5, 5.41) is 10.1. The smallest absolute Gasteiger partial charge is 0.0581 e. The molecule has 4 heteroatoms. The lowest BCUT2D eigenvalue weighted by atomic mass is 10.1. The fourth-order valence-electron chi connectivity index (χ4n) is 1.62. The maximum Gasteiger partial charge on any atom is 0.0581 e. The van der Waals surface area contributed by atoms with E-state index in [9.17, 15) is 0 Å². The van der Waals surface area contributed by atoms with Gasteiger partial charge < -0.3 is 11.1 Å². The standard InChI is InChI=1S/C12H16N4/c1-8-4-3-5-11(12(8)13)16-9(2)10-6-14-15-7-10/h3-7,9,16H,13H2,1-2H3,(H,14,15). The van der Waals surface area contributed by atoms with Crippen LogP contribution in [0.4, 0.5) is 11.4 Å². The first-order chi connectivity index (χ1) is 7.68. The van der Waals surface area contributed by atoms with Gasteiger partial charge >= 0.3 is 0 Å². The van der Waals surface area contributed by atoms with Crippen LogP contribution in [-0.4, -0.2) is 10.2 Å². The molecule has 4 N–H and O–H groups in total. The van der Waals surface area contributed by atoms with Crippen molar-refractivity contribution in [2.24, 2.45) is 0 Å². The highest BCUT2D eigenvalue weighted by atomic mass is 15.1. The van der Waals surface area contributed by atoms with Crippen molar-refractivity contribution in [2.75, 3.05) is 11.1 Å². The number of nitrogen functional groups attached to an aromatic ring is 1. The molecule has 16 heavy (non-hydrogen) atoms. The van der Waals surface area contributed by atoms with Crippen LogP contribution in [0.15, 0.2) is 30.6 Å². The Kier molecular flexibility index (Phi) is 2.81. The van der Waals surface area contributed by atoms with Gasteiger partial charge in [-0.05, 0) is 25.5 Å². The van der Waals surface area contributed by atoms with E-state index in [0.29, 0.717) is 0 Å². The Bertz CT molecular complexity index is 462. The molecule has 0 bridgehead atoms. The zero-order valence-electron chi connectivity index (χ0n) is 9.49. The minimum Gasteiger partial charge on any atom is -0.397 e. The van der Waals surface area contributed by atoms with Crippen LogP contribution in [0.2, 0.25) is 0 Å². The normalized spacial score (nSPS) is 12.4. The quantitative estimate of drug-likeness (QED) is 0.690. The number of H-pyrrole nitrogens is 1. The van der Waals surface area contributed by atoms with Gasteiger partial charge in [-0.3, -0.25) is 5.10 Å². The molecule has 1 aromatic heterocycles. The third-order valence-corrected chi connectivity index (χ3v) is 2.72. The molecule has 0 aliphatic rings. The molecule has 0 saturated heterocycles. The van der Waals surface area contributed by atoms with Crippen molar-refractivity contribution >= 4 is 11.4 Å². The fraction of sp³-hybridized carbons (Fsp3) is 0.250. The highest BCUT2D eigenvalue weighted by Gasteiger charge is 2.08. The van der Waals surface area contributed by atoms with E-state index < -0.39 is 0 Å². The minimum atomic E-state index is 0.183. The second-order valence-corrected chi connectivity index (χ2v) is 3.93. The van der Waals surface area contributed by atoms with Crippen LogP contribution in [0.5, 0.6) is 0 Å². The van der Waals surface area contributed by atoms with Crippen molar-refractivity contribution in [3.05, 3.63) is 41.7 Å². The zero-order valence-corrected chi connectivity index (χ0v) is 9.49. The molecule has 4 nitrogen and oxygen atoms in total. The van der Waals surface area contributed by atoms with Crippen molar-refractivity contribution in [3.8, 4) is 0 Å². The summed E-state index contributed by atoms with van der Waals surface area (Å²) in [6.45, 7) is 4.08. The van der Waals surface area contributed by atoms with Crippen LogP contribution < -0.4 is 11.1 Å². The number of nitrogens with one attached hydrogen (secondary N) is 2. The van der Waals surface area contributed by atoms with Crippen LogP contribution in [0, 0.1) is 6.92 Å². The van der Waals surface area contributed by atoms with Gasteiger partial charge in [-0.1, -0.05) is 12.1 Å². The molecule has 0 fully saturated rings. The van der Waals surface area contributed by atoms with Crippen LogP contribution >= 0.6 is 0 Å². The summed E-state index contributed by atoms with van der Waals surface area (Å²) in [7, 11) is 0. The SMILES string of the molecule is Cc1cccc(NC(C)c2cn[nH]c2)c1N. The van der Waals surface area contributed by atoms with Gasteiger partial charge in [0.1, 0.15) is 0 Å². The predicted octanol–water partition coefficient (Wildman–Crippen LogP) is 2.47. The number of hydrogen-bond donors (Lipinski definition) is 3. The Balaban J connectivity index is 2.18. The summed E-state index contributed by atoms with van der Waals surface area (Å²) < 4.78 is 0. The van der Waals surface area contributed by atoms with E-state index >= 15 is 0 Å². The number of hydrogen-bond acceptors (Lipinski definition) is 3. The van der Waals surface area contributed by atoms with Gasteiger partial charge in [0.15, 0.2) is 0 Å². The Labute approximate surface area is 94.9 Å². The number of aromatic nitrogens is 2. The van der Waals surface area contributed by atoms with Crippen LogP contribution in [-0.2, 0) is 0 Å². The summed E-state index contributed by atoms with van der Waals surface area (Å²) in [4.78, 5) is 0. The lowest BCUT2D eigenvalue weighted by molar-refractivity contribution is 0.886. The average molecular weight is 216 g/mol. The van der Waals surface area contributed by atoms with Crippen LogP contribution in [0.25, 0.3) is 0 Å². The van der Waals surface area contributed by atoms with Crippen molar-refractivity contribution in [2.45, 2.75) is 19.9 Å². The second kappa shape index (κ2) is 4.26. The van der Waals surface area contributed by atoms with Gasteiger partial charge in [0.25, 0.3) is 0 Å². The second-order valence-electron chi connectivity index (χ2n) is 3.93. The maximum atomic E-state index is 6.00. The molecule has 1 aromatic carbocycles. The number of para-hydroxylation sites is 1. The molecule has 0 radical (unpaired) electrons. The first kappa shape index (κ1) is 10.5. The summed E-state index contributed by atoms with van der Waals surface area (Å²) >= 11 is 0. The zero-order chi connectivity index (χ0) is 11.5. The minimum absolute atomic E-state index is 0.183. The molecule has 0 amide bonds. The van der Waals surface area contributed by atoms with E-state index in [0.717, 1.165) is 22.5 Å². The highest BCUT2D eigenvalue weighted by molar-refractivity contribution is 5.69. The van der Waals surface area contributed by atoms with Gasteiger partial charge in [0.2, 0.25) is 0 Å². The van der Waals surface area contributed by atoms with Gasteiger partial charge in [-0.25, -0.2) is 0 Å². The number of aryl methyl sites for hydroxylation is 1. The largest absolute Gasteiger partial charge is 0.397 e. The molecule has 0 spiro atoms. The van der Waals surface area contributed by atoms with Gasteiger partial charge in [-0.2, -0.15) is 5.10 Å². The first-order valence-electron chi connectivity index (χ1n) is 5.29. The fourth-order valence-corrected chi connectivity index (χ4v) is 1.62. The topological polar surface area (TPSA) is 66.7 Å². The van der Waals surface area contributed by atoms with Crippen molar-refractivity contribution in [1.29, 1.82) is 0 Å². The number of aromatic amines is 1. The van der Waals surface area contributed by atoms with Crippen molar-refractivity contribution in [3.63, 3.8) is 0 Å². The first-order valence-corrected chi connectivity index (χ1v) is 5.29. The highest BCUT2D eigenvalue weighted by Crippen LogP contribution is 2.25. The lowest BCUT2D eigenvalue weighted by Gasteiger charge is -2.16. The van der Waals surface area contributed by atoms with E-state index in [-0.39, 0.29) is 6.04 Å². The monoisotopic (exact) mass is 216 g/mol. The molecular formula is C12H16N4. The molecule has 1 atom stereocenters. The molecule has 0 aliphatic carbocycles. The van der Waals surface area contributed by atoms with Crippen LogP contribution in [0.3, 0.4) is 0 Å². The van der Waals surface area contributed by atoms with Gasteiger partial charge in [0, 0.05) is 11.8 Å². The van der Waals surface area contributed by atoms with Crippen molar-refractivity contribution in [1.82, 2.24) is 10.2 Å². The third-order valence-electron chi connectivity index (χ3n) is 2.72. The number of benzene rings is 1. The van der Waals surface area contributed by atoms with E-state index in [1.165, 1.54) is 0 Å². The Hall–Kier alpha value is -1.97. The maximum absolute atomic E-state index is 6.00. The summed E-state index contributed by atoms with van der Waals surface area (Å²) in [5.74, 6) is 0. The molecule has 1 heterocycles. The summed E-state index contributed by atoms with van der Waals surface area (Å²) in [6, 6.07) is 6.17. The Morgan fingerprint density at radius 2 is 2.25 bits per heavy atom. The molecule has 0 saturated carbocycles. The van der Waals surface area contributed by atoms with Crippen LogP contribution in [0.1, 0.15) is 24.1 Å². The van der Waals surface area contributed by atoms with E-state index in [1.807, 2.05) is 37.5 Å². The summed E-state index contributed by atoms with van der Waals surface area (Å²) in [5.41, 5.74) is 9.97. The number of rotatable bonds is 3. The molecule has 1 unspecified atom stereocenters. The Morgan fingerprint density at radius 3 is 2.94 bits per heavy atom. The molecule has 84 valence electrons. The van der Waals surface area contributed by atoms with Gasteiger partial charge in [0.05, 0.1) is 23.6 Å².